The van der Waals surface area contributed by atoms with Crippen molar-refractivity contribution < 1.29 is 4.74 Å². The molecule has 2 unspecified atom stereocenters. The largest absolute Gasteiger partial charge is 0.489 e. The van der Waals surface area contributed by atoms with E-state index in [1.54, 1.807) is 12.3 Å². The standard InChI is InChI=1S/C13H18N2O/c14-13-4-3-11(8-15-13)16-12-6-9-1-2-10(5-9)7-12/h3-4,8-10,12H,1-2,5-7H2,(H2,14,15). The van der Waals surface area contributed by atoms with Gasteiger partial charge < -0.3 is 10.5 Å². The third-order valence-electron chi connectivity index (χ3n) is 3.90. The fraction of sp³-hybridized carbons (Fsp3) is 0.615. The minimum Gasteiger partial charge on any atom is -0.489 e. The van der Waals surface area contributed by atoms with Crippen LogP contribution in [0, 0.1) is 11.8 Å². The molecule has 0 saturated heterocycles. The van der Waals surface area contributed by atoms with Crippen LogP contribution in [0.15, 0.2) is 18.3 Å². The van der Waals surface area contributed by atoms with Crippen LogP contribution in [0.5, 0.6) is 5.75 Å². The van der Waals surface area contributed by atoms with Crippen LogP contribution in [0.1, 0.15) is 32.1 Å². The molecule has 2 bridgehead atoms. The smallest absolute Gasteiger partial charge is 0.138 e. The van der Waals surface area contributed by atoms with E-state index in [2.05, 4.69) is 4.98 Å². The topological polar surface area (TPSA) is 48.1 Å². The first-order valence-corrected chi connectivity index (χ1v) is 6.18. The zero-order valence-electron chi connectivity index (χ0n) is 9.43. The van der Waals surface area contributed by atoms with Crippen molar-refractivity contribution in [2.75, 3.05) is 5.73 Å². The Balaban J connectivity index is 1.64. The predicted molar refractivity (Wildman–Crippen MR) is 63.1 cm³/mol. The van der Waals surface area contributed by atoms with Crippen LogP contribution in [-0.2, 0) is 0 Å². The van der Waals surface area contributed by atoms with Crippen LogP contribution in [0.25, 0.3) is 0 Å². The van der Waals surface area contributed by atoms with Gasteiger partial charge in [-0.3, -0.25) is 0 Å². The van der Waals surface area contributed by atoms with Crippen molar-refractivity contribution in [2.45, 2.75) is 38.2 Å². The van der Waals surface area contributed by atoms with Gasteiger partial charge in [-0.2, -0.15) is 0 Å². The van der Waals surface area contributed by atoms with Crippen molar-refractivity contribution in [3.63, 3.8) is 0 Å². The van der Waals surface area contributed by atoms with Gasteiger partial charge in [-0.1, -0.05) is 12.8 Å². The number of aromatic nitrogens is 1. The lowest BCUT2D eigenvalue weighted by Crippen LogP contribution is -2.26. The molecule has 0 aliphatic heterocycles. The number of nitrogen functional groups attached to an aromatic ring is 1. The second-order valence-electron chi connectivity index (χ2n) is 5.18. The molecule has 2 atom stereocenters. The Morgan fingerprint density at radius 3 is 2.50 bits per heavy atom. The van der Waals surface area contributed by atoms with Crippen LogP contribution in [0.2, 0.25) is 0 Å². The van der Waals surface area contributed by atoms with Gasteiger partial charge in [0.1, 0.15) is 11.6 Å². The van der Waals surface area contributed by atoms with Gasteiger partial charge in [0.2, 0.25) is 0 Å². The molecule has 3 nitrogen and oxygen atoms in total. The van der Waals surface area contributed by atoms with Gasteiger partial charge in [0.15, 0.2) is 0 Å². The second-order valence-corrected chi connectivity index (χ2v) is 5.18. The van der Waals surface area contributed by atoms with Crippen molar-refractivity contribution in [2.24, 2.45) is 11.8 Å². The second kappa shape index (κ2) is 3.96. The lowest BCUT2D eigenvalue weighted by Gasteiger charge is -2.28. The van der Waals surface area contributed by atoms with Gasteiger partial charge in [-0.05, 0) is 43.2 Å². The quantitative estimate of drug-likeness (QED) is 0.830. The van der Waals surface area contributed by atoms with Crippen LogP contribution < -0.4 is 10.5 Å². The summed E-state index contributed by atoms with van der Waals surface area (Å²) in [6, 6.07) is 3.71. The molecule has 1 heterocycles. The number of hydrogen-bond acceptors (Lipinski definition) is 3. The van der Waals surface area contributed by atoms with Crippen molar-refractivity contribution in [1.82, 2.24) is 4.98 Å². The molecule has 1 aromatic rings. The Morgan fingerprint density at radius 2 is 1.88 bits per heavy atom. The highest BCUT2D eigenvalue weighted by Gasteiger charge is 2.34. The lowest BCUT2D eigenvalue weighted by atomic mass is 9.87. The van der Waals surface area contributed by atoms with Gasteiger partial charge >= 0.3 is 0 Å². The first-order chi connectivity index (χ1) is 7.79. The molecule has 3 heteroatoms. The number of nitrogens with two attached hydrogens (primary N) is 1. The average Bonchev–Trinajstić information content (AvgIpc) is 2.62. The van der Waals surface area contributed by atoms with Crippen LogP contribution in [0.4, 0.5) is 5.82 Å². The van der Waals surface area contributed by atoms with E-state index >= 15 is 0 Å². The Labute approximate surface area is 96.0 Å². The Kier molecular flexibility index (Phi) is 2.46. The Morgan fingerprint density at radius 1 is 1.12 bits per heavy atom. The number of ether oxygens (including phenoxy) is 1. The van der Waals surface area contributed by atoms with Crippen LogP contribution in [0.3, 0.4) is 0 Å². The molecular weight excluding hydrogens is 200 g/mol. The Bertz CT molecular complexity index is 351. The average molecular weight is 218 g/mol. The fourth-order valence-corrected chi connectivity index (χ4v) is 3.20. The van der Waals surface area contributed by atoms with Gasteiger partial charge in [-0.25, -0.2) is 4.98 Å². The van der Waals surface area contributed by atoms with E-state index in [0.29, 0.717) is 11.9 Å². The van der Waals surface area contributed by atoms with E-state index < -0.39 is 0 Å². The molecule has 2 aliphatic carbocycles. The number of hydrogen-bond donors (Lipinski definition) is 1. The van der Waals surface area contributed by atoms with Crippen molar-refractivity contribution >= 4 is 5.82 Å². The number of fused-ring (bicyclic) bond motifs is 2. The summed E-state index contributed by atoms with van der Waals surface area (Å²) in [5.41, 5.74) is 5.55. The summed E-state index contributed by atoms with van der Waals surface area (Å²) in [6.07, 6.45) is 8.82. The monoisotopic (exact) mass is 218 g/mol. The number of rotatable bonds is 2. The maximum absolute atomic E-state index is 5.97. The lowest BCUT2D eigenvalue weighted by molar-refractivity contribution is 0.118. The van der Waals surface area contributed by atoms with E-state index in [9.17, 15) is 0 Å². The van der Waals surface area contributed by atoms with E-state index in [4.69, 9.17) is 10.5 Å². The maximum atomic E-state index is 5.97. The zero-order valence-corrected chi connectivity index (χ0v) is 9.43. The SMILES string of the molecule is Nc1ccc(OC2CC3CCC(C3)C2)cn1. The van der Waals surface area contributed by atoms with Crippen LogP contribution >= 0.6 is 0 Å². The van der Waals surface area contributed by atoms with E-state index in [1.807, 2.05) is 6.07 Å². The summed E-state index contributed by atoms with van der Waals surface area (Å²) in [5, 5.41) is 0. The zero-order chi connectivity index (χ0) is 11.0. The number of pyridine rings is 1. The van der Waals surface area contributed by atoms with Gasteiger partial charge in [0.25, 0.3) is 0 Å². The third-order valence-corrected chi connectivity index (χ3v) is 3.90. The molecule has 3 rings (SSSR count). The molecule has 0 aromatic carbocycles. The molecule has 2 N–H and O–H groups in total. The summed E-state index contributed by atoms with van der Waals surface area (Å²) in [6.45, 7) is 0. The van der Waals surface area contributed by atoms with Gasteiger partial charge in [0.05, 0.1) is 12.3 Å². The molecule has 2 fully saturated rings. The third kappa shape index (κ3) is 1.99. The Hall–Kier alpha value is -1.25. The van der Waals surface area contributed by atoms with Crippen LogP contribution in [-0.4, -0.2) is 11.1 Å². The summed E-state index contributed by atoms with van der Waals surface area (Å²) in [4.78, 5) is 4.05. The van der Waals surface area contributed by atoms with Crippen molar-refractivity contribution in [3.8, 4) is 5.75 Å². The highest BCUT2D eigenvalue weighted by Crippen LogP contribution is 2.42. The predicted octanol–water partition coefficient (Wildman–Crippen LogP) is 2.62. The van der Waals surface area contributed by atoms with Gasteiger partial charge in [-0.15, -0.1) is 0 Å². The first kappa shape index (κ1) is 9.94. The molecule has 0 spiro atoms. The van der Waals surface area contributed by atoms with Crippen molar-refractivity contribution in [3.05, 3.63) is 18.3 Å². The minimum absolute atomic E-state index is 0.400. The molecule has 2 saturated carbocycles. The number of nitrogens with zero attached hydrogens (tertiary/aromatic N) is 1. The fourth-order valence-electron chi connectivity index (χ4n) is 3.20. The molecule has 0 radical (unpaired) electrons. The van der Waals surface area contributed by atoms with E-state index in [-0.39, 0.29) is 0 Å². The molecule has 16 heavy (non-hydrogen) atoms. The van der Waals surface area contributed by atoms with E-state index in [1.165, 1.54) is 32.1 Å². The maximum Gasteiger partial charge on any atom is 0.138 e. The summed E-state index contributed by atoms with van der Waals surface area (Å²) >= 11 is 0. The molecule has 2 aliphatic rings. The van der Waals surface area contributed by atoms with Crippen molar-refractivity contribution in [1.29, 1.82) is 0 Å². The molecular formula is C13H18N2O. The summed E-state index contributed by atoms with van der Waals surface area (Å²) in [5.74, 6) is 3.23. The molecule has 0 amide bonds. The highest BCUT2D eigenvalue weighted by molar-refractivity contribution is 5.32. The van der Waals surface area contributed by atoms with E-state index in [0.717, 1.165) is 17.6 Å². The minimum atomic E-state index is 0.400. The van der Waals surface area contributed by atoms with Gasteiger partial charge in [0, 0.05) is 0 Å². The number of anilines is 1. The molecule has 1 aromatic heterocycles. The molecule has 86 valence electrons. The summed E-state index contributed by atoms with van der Waals surface area (Å²) in [7, 11) is 0. The summed E-state index contributed by atoms with van der Waals surface area (Å²) < 4.78 is 5.97. The normalized spacial score (nSPS) is 32.6. The highest BCUT2D eigenvalue weighted by atomic mass is 16.5. The first-order valence-electron chi connectivity index (χ1n) is 6.18.